The second kappa shape index (κ2) is 5.34. The second-order valence-electron chi connectivity index (χ2n) is 4.64. The van der Waals surface area contributed by atoms with E-state index in [9.17, 15) is 0 Å². The van der Waals surface area contributed by atoms with E-state index in [-0.39, 0.29) is 0 Å². The van der Waals surface area contributed by atoms with E-state index < -0.39 is 0 Å². The van der Waals surface area contributed by atoms with Crippen LogP contribution in [0.5, 0.6) is 0 Å². The third-order valence-electron chi connectivity index (χ3n) is 3.26. The molecular formula is C15H15BrN4. The molecule has 0 saturated carbocycles. The van der Waals surface area contributed by atoms with E-state index in [2.05, 4.69) is 32.3 Å². The number of halogens is 1. The maximum atomic E-state index is 4.73. The molecule has 1 N–H and O–H groups in total. The van der Waals surface area contributed by atoms with Gasteiger partial charge in [0, 0.05) is 16.6 Å². The fourth-order valence-electron chi connectivity index (χ4n) is 2.27. The van der Waals surface area contributed by atoms with Crippen LogP contribution in [0.1, 0.15) is 11.4 Å². The van der Waals surface area contributed by atoms with Crippen molar-refractivity contribution in [3.8, 4) is 11.3 Å². The van der Waals surface area contributed by atoms with Crippen LogP contribution in [0.3, 0.4) is 0 Å². The molecule has 0 bridgehead atoms. The summed E-state index contributed by atoms with van der Waals surface area (Å²) in [6.45, 7) is 2.76. The van der Waals surface area contributed by atoms with Crippen molar-refractivity contribution in [1.29, 1.82) is 0 Å². The molecule has 0 aliphatic rings. The summed E-state index contributed by atoms with van der Waals surface area (Å²) in [5.74, 6) is 0. The first kappa shape index (κ1) is 13.3. The zero-order chi connectivity index (χ0) is 14.1. The molecule has 0 spiro atoms. The van der Waals surface area contributed by atoms with E-state index in [1.54, 1.807) is 0 Å². The Labute approximate surface area is 126 Å². The van der Waals surface area contributed by atoms with Gasteiger partial charge in [-0.15, -0.1) is 0 Å². The summed E-state index contributed by atoms with van der Waals surface area (Å²) in [5, 5.41) is 7.89. The zero-order valence-electron chi connectivity index (χ0n) is 11.4. The summed E-state index contributed by atoms with van der Waals surface area (Å²) in [6, 6.07) is 12.1. The monoisotopic (exact) mass is 330 g/mol. The summed E-state index contributed by atoms with van der Waals surface area (Å²) in [7, 11) is 1.93. The van der Waals surface area contributed by atoms with Crippen molar-refractivity contribution in [2.45, 2.75) is 13.5 Å². The van der Waals surface area contributed by atoms with Crippen LogP contribution < -0.4 is 5.32 Å². The van der Waals surface area contributed by atoms with Crippen molar-refractivity contribution in [3.63, 3.8) is 0 Å². The smallest absolute Gasteiger partial charge is 0.154 e. The Bertz CT molecular complexity index is 764. The second-order valence-corrected chi connectivity index (χ2v) is 5.50. The molecular weight excluding hydrogens is 316 g/mol. The molecule has 3 rings (SSSR count). The molecule has 1 aromatic carbocycles. The number of aryl methyl sites for hydroxylation is 1. The molecule has 2 heterocycles. The molecule has 3 aromatic rings. The van der Waals surface area contributed by atoms with Crippen molar-refractivity contribution in [1.82, 2.24) is 19.9 Å². The molecule has 102 valence electrons. The van der Waals surface area contributed by atoms with E-state index in [1.807, 2.05) is 48.8 Å². The van der Waals surface area contributed by atoms with Gasteiger partial charge in [-0.2, -0.15) is 5.10 Å². The Morgan fingerprint density at radius 1 is 1.20 bits per heavy atom. The Balaban J connectivity index is 2.19. The Hall–Kier alpha value is -1.72. The van der Waals surface area contributed by atoms with Gasteiger partial charge >= 0.3 is 0 Å². The van der Waals surface area contributed by atoms with Gasteiger partial charge in [0.1, 0.15) is 0 Å². The number of imidazole rings is 1. The van der Waals surface area contributed by atoms with Crippen molar-refractivity contribution < 1.29 is 0 Å². The molecule has 5 heteroatoms. The third kappa shape index (κ3) is 2.23. The number of fused-ring (bicyclic) bond motifs is 1. The lowest BCUT2D eigenvalue weighted by molar-refractivity contribution is 0.744. The molecule has 4 nitrogen and oxygen atoms in total. The molecule has 0 unspecified atom stereocenters. The molecule has 0 amide bonds. The largest absolute Gasteiger partial charge is 0.314 e. The van der Waals surface area contributed by atoms with Crippen molar-refractivity contribution in [2.24, 2.45) is 0 Å². The number of hydrogen-bond donors (Lipinski definition) is 1. The minimum atomic E-state index is 0.749. The Kier molecular flexibility index (Phi) is 3.54. The summed E-state index contributed by atoms with van der Waals surface area (Å²) < 4.78 is 2.96. The number of hydrogen-bond acceptors (Lipinski definition) is 3. The fraction of sp³-hybridized carbons (Fsp3) is 0.200. The van der Waals surface area contributed by atoms with Crippen LogP contribution >= 0.6 is 15.9 Å². The molecule has 2 aromatic heterocycles. The Morgan fingerprint density at radius 2 is 2.00 bits per heavy atom. The average molecular weight is 331 g/mol. The number of aromatic nitrogens is 3. The van der Waals surface area contributed by atoms with Crippen molar-refractivity contribution >= 4 is 21.6 Å². The molecule has 0 saturated heterocycles. The summed E-state index contributed by atoms with van der Waals surface area (Å²) >= 11 is 3.57. The number of benzene rings is 1. The highest BCUT2D eigenvalue weighted by molar-refractivity contribution is 9.10. The molecule has 0 aliphatic heterocycles. The van der Waals surface area contributed by atoms with Gasteiger partial charge in [0.15, 0.2) is 5.65 Å². The minimum absolute atomic E-state index is 0.749. The van der Waals surface area contributed by atoms with Crippen LogP contribution in [0.2, 0.25) is 0 Å². The number of rotatable bonds is 3. The lowest BCUT2D eigenvalue weighted by Crippen LogP contribution is -2.10. The minimum Gasteiger partial charge on any atom is -0.314 e. The lowest BCUT2D eigenvalue weighted by atomic mass is 10.1. The highest BCUT2D eigenvalue weighted by Crippen LogP contribution is 2.26. The van der Waals surface area contributed by atoms with E-state index in [1.165, 1.54) is 0 Å². The van der Waals surface area contributed by atoms with E-state index >= 15 is 0 Å². The maximum absolute atomic E-state index is 4.73. The van der Waals surface area contributed by atoms with E-state index in [4.69, 9.17) is 5.10 Å². The van der Waals surface area contributed by atoms with E-state index in [0.717, 1.165) is 39.3 Å². The van der Waals surface area contributed by atoms with Gasteiger partial charge in [0.25, 0.3) is 0 Å². The van der Waals surface area contributed by atoms with Crippen molar-refractivity contribution in [3.05, 3.63) is 52.3 Å². The van der Waals surface area contributed by atoms with Gasteiger partial charge in [0.2, 0.25) is 0 Å². The average Bonchev–Trinajstić information content (AvgIpc) is 2.76. The van der Waals surface area contributed by atoms with Crippen LogP contribution in [-0.4, -0.2) is 21.6 Å². The topological polar surface area (TPSA) is 42.2 Å². The van der Waals surface area contributed by atoms with Crippen LogP contribution in [0.15, 0.2) is 40.9 Å². The van der Waals surface area contributed by atoms with Gasteiger partial charge in [-0.3, -0.25) is 0 Å². The first-order chi connectivity index (χ1) is 9.70. The number of nitrogens with one attached hydrogen (secondary N) is 1. The van der Waals surface area contributed by atoms with Gasteiger partial charge in [-0.1, -0.05) is 34.1 Å². The van der Waals surface area contributed by atoms with Crippen LogP contribution in [0, 0.1) is 6.92 Å². The van der Waals surface area contributed by atoms with E-state index in [0.29, 0.717) is 0 Å². The van der Waals surface area contributed by atoms with Crippen LogP contribution in [0.25, 0.3) is 16.9 Å². The van der Waals surface area contributed by atoms with Gasteiger partial charge < -0.3 is 5.32 Å². The predicted molar refractivity (Wildman–Crippen MR) is 83.6 cm³/mol. The quantitative estimate of drug-likeness (QED) is 0.801. The number of nitrogens with zero attached hydrogens (tertiary/aromatic N) is 3. The van der Waals surface area contributed by atoms with Gasteiger partial charge in [-0.05, 0) is 32.2 Å². The fourth-order valence-corrected chi connectivity index (χ4v) is 2.76. The lowest BCUT2D eigenvalue weighted by Gasteiger charge is -2.06. The van der Waals surface area contributed by atoms with Gasteiger partial charge in [-0.25, -0.2) is 9.50 Å². The molecule has 0 fully saturated rings. The first-order valence-electron chi connectivity index (χ1n) is 6.45. The predicted octanol–water partition coefficient (Wildman–Crippen LogP) is 3.19. The maximum Gasteiger partial charge on any atom is 0.154 e. The molecule has 0 aliphatic carbocycles. The highest BCUT2D eigenvalue weighted by atomic mass is 79.9. The molecule has 0 atom stereocenters. The zero-order valence-corrected chi connectivity index (χ0v) is 13.0. The normalized spacial score (nSPS) is 11.2. The Morgan fingerprint density at radius 3 is 2.75 bits per heavy atom. The molecule has 0 radical (unpaired) electrons. The summed E-state index contributed by atoms with van der Waals surface area (Å²) in [5.41, 5.74) is 4.99. The van der Waals surface area contributed by atoms with Crippen molar-refractivity contribution in [2.75, 3.05) is 7.05 Å². The highest BCUT2D eigenvalue weighted by Gasteiger charge is 2.11. The third-order valence-corrected chi connectivity index (χ3v) is 3.96. The SMILES string of the molecule is CNCc1c(C)nc2ccc(-c3ccccc3Br)nn12. The van der Waals surface area contributed by atoms with Crippen LogP contribution in [-0.2, 0) is 6.54 Å². The standard InChI is InChI=1S/C15H15BrN4/c1-10-14(9-17-2)20-15(18-10)8-7-13(19-20)11-5-3-4-6-12(11)16/h3-8,17H,9H2,1-2H3. The van der Waals surface area contributed by atoms with Gasteiger partial charge in [0.05, 0.1) is 17.1 Å². The first-order valence-corrected chi connectivity index (χ1v) is 7.25. The summed E-state index contributed by atoms with van der Waals surface area (Å²) in [6.07, 6.45) is 0. The van der Waals surface area contributed by atoms with Crippen LogP contribution in [0.4, 0.5) is 0 Å². The molecule has 20 heavy (non-hydrogen) atoms. The summed E-state index contributed by atoms with van der Waals surface area (Å²) in [4.78, 5) is 4.54.